The molecule has 0 saturated carbocycles. The maximum atomic E-state index is 12.0. The van der Waals surface area contributed by atoms with Crippen LogP contribution in [0.1, 0.15) is 39.2 Å². The van der Waals surface area contributed by atoms with Gasteiger partial charge in [-0.2, -0.15) is 0 Å². The molecule has 29 heavy (non-hydrogen) atoms. The average molecular weight is 408 g/mol. The Morgan fingerprint density at radius 1 is 1.07 bits per heavy atom. The minimum atomic E-state index is -1.02. The number of benzene rings is 1. The summed E-state index contributed by atoms with van der Waals surface area (Å²) >= 11 is 0. The van der Waals surface area contributed by atoms with E-state index in [0.717, 1.165) is 0 Å². The minimum Gasteiger partial charge on any atom is -0.458 e. The van der Waals surface area contributed by atoms with Gasteiger partial charge in [-0.3, -0.25) is 14.4 Å². The summed E-state index contributed by atoms with van der Waals surface area (Å²) in [5.74, 6) is -2.37. The molecule has 0 aliphatic rings. The zero-order valence-corrected chi connectivity index (χ0v) is 17.5. The molecule has 162 valence electrons. The highest BCUT2D eigenvalue weighted by Gasteiger charge is 2.26. The molecule has 0 fully saturated rings. The van der Waals surface area contributed by atoms with Crippen LogP contribution in [0.25, 0.3) is 0 Å². The third kappa shape index (κ3) is 14.7. The van der Waals surface area contributed by atoms with E-state index in [1.54, 1.807) is 20.8 Å². The van der Waals surface area contributed by atoms with Crippen molar-refractivity contribution in [2.75, 3.05) is 13.1 Å². The number of ether oxygens (including phenoxy) is 1. The number of nitrogens with two attached hydrogens (primary N) is 2. The molecule has 0 bridgehead atoms. The third-order valence-electron chi connectivity index (χ3n) is 3.28. The fourth-order valence-electron chi connectivity index (χ4n) is 1.94. The number of aryl methyl sites for hydroxylation is 1. The molecule has 0 aliphatic heterocycles. The van der Waals surface area contributed by atoms with Crippen LogP contribution in [0.3, 0.4) is 0 Å². The number of carbonyl (C=O) groups excluding carboxylic acids is 4. The molecule has 0 spiro atoms. The Kier molecular flexibility index (Phi) is 11.9. The van der Waals surface area contributed by atoms with E-state index < -0.39 is 35.3 Å². The molecule has 1 aromatic carbocycles. The summed E-state index contributed by atoms with van der Waals surface area (Å²) in [7, 11) is 0. The van der Waals surface area contributed by atoms with Gasteiger partial charge in [0.15, 0.2) is 0 Å². The van der Waals surface area contributed by atoms with Crippen LogP contribution in [0.2, 0.25) is 0 Å². The number of rotatable bonds is 8. The highest BCUT2D eigenvalue weighted by molar-refractivity contribution is 5.89. The van der Waals surface area contributed by atoms with Gasteiger partial charge in [0.05, 0.1) is 13.1 Å². The summed E-state index contributed by atoms with van der Waals surface area (Å²) in [4.78, 5) is 45.5. The molecule has 0 heterocycles. The van der Waals surface area contributed by atoms with Crippen molar-refractivity contribution in [2.45, 2.75) is 52.2 Å². The lowest BCUT2D eigenvalue weighted by Gasteiger charge is -2.24. The largest absolute Gasteiger partial charge is 0.458 e. The van der Waals surface area contributed by atoms with Gasteiger partial charge in [0.1, 0.15) is 11.6 Å². The summed E-state index contributed by atoms with van der Waals surface area (Å²) in [5.41, 5.74) is 10.7. The van der Waals surface area contributed by atoms with E-state index in [-0.39, 0.29) is 25.9 Å². The van der Waals surface area contributed by atoms with E-state index in [0.29, 0.717) is 0 Å². The predicted octanol–water partition coefficient (Wildman–Crippen LogP) is 0.148. The lowest BCUT2D eigenvalue weighted by Crippen LogP contribution is -2.48. The third-order valence-corrected chi connectivity index (χ3v) is 3.28. The van der Waals surface area contributed by atoms with Crippen LogP contribution in [-0.4, -0.2) is 48.4 Å². The van der Waals surface area contributed by atoms with E-state index in [2.05, 4.69) is 29.7 Å². The van der Waals surface area contributed by atoms with Crippen molar-refractivity contribution in [3.63, 3.8) is 0 Å². The monoisotopic (exact) mass is 408 g/mol. The van der Waals surface area contributed by atoms with Gasteiger partial charge >= 0.3 is 5.97 Å². The molecule has 3 amide bonds. The van der Waals surface area contributed by atoms with Crippen molar-refractivity contribution >= 4 is 23.7 Å². The fourth-order valence-corrected chi connectivity index (χ4v) is 1.94. The number of nitrogens with one attached hydrogen (secondary N) is 2. The number of hydrogen-bond acceptors (Lipinski definition) is 6. The van der Waals surface area contributed by atoms with Crippen molar-refractivity contribution in [1.29, 1.82) is 0 Å². The number of hydrogen-bond donors (Lipinski definition) is 4. The van der Waals surface area contributed by atoms with Crippen LogP contribution in [0.4, 0.5) is 0 Å². The average Bonchev–Trinajstić information content (AvgIpc) is 2.62. The van der Waals surface area contributed by atoms with Gasteiger partial charge in [0.25, 0.3) is 0 Å². The van der Waals surface area contributed by atoms with Gasteiger partial charge < -0.3 is 26.8 Å². The number of primary amides is 1. The molecule has 1 atom stereocenters. The van der Waals surface area contributed by atoms with Crippen molar-refractivity contribution in [1.82, 2.24) is 10.6 Å². The van der Waals surface area contributed by atoms with Crippen LogP contribution in [0.5, 0.6) is 0 Å². The molecule has 9 heteroatoms. The van der Waals surface area contributed by atoms with Gasteiger partial charge in [-0.15, -0.1) is 0 Å². The van der Waals surface area contributed by atoms with Crippen LogP contribution in [0.15, 0.2) is 30.3 Å². The summed E-state index contributed by atoms with van der Waals surface area (Å²) in [6, 6.07) is 9.24. The van der Waals surface area contributed by atoms with Gasteiger partial charge in [-0.25, -0.2) is 4.79 Å². The smallest absolute Gasteiger partial charge is 0.329 e. The zero-order chi connectivity index (χ0) is 22.4. The molecular formula is C20H32N4O5. The summed E-state index contributed by atoms with van der Waals surface area (Å²) < 4.78 is 5.17. The first kappa shape index (κ1) is 26.1. The Labute approximate surface area is 171 Å². The Hall–Kier alpha value is -2.94. The normalized spacial score (nSPS) is 11.3. The highest BCUT2D eigenvalue weighted by atomic mass is 16.6. The summed E-state index contributed by atoms with van der Waals surface area (Å²) in [6.45, 7) is 6.55. The second-order valence-corrected chi connectivity index (χ2v) is 7.29. The highest BCUT2D eigenvalue weighted by Crippen LogP contribution is 2.10. The minimum absolute atomic E-state index is 0.0147. The zero-order valence-electron chi connectivity index (χ0n) is 17.5. The molecule has 9 nitrogen and oxygen atoms in total. The van der Waals surface area contributed by atoms with Crippen molar-refractivity contribution in [3.8, 4) is 0 Å². The molecular weight excluding hydrogens is 376 g/mol. The Morgan fingerprint density at radius 2 is 1.66 bits per heavy atom. The fraction of sp³-hybridized carbons (Fsp3) is 0.500. The molecule has 6 N–H and O–H groups in total. The second-order valence-electron chi connectivity index (χ2n) is 7.29. The SMILES string of the molecule is CC(C)(C)OC(=O)C(CCC(N)=O)NC(=O)CNC(=O)CN.Cc1ccccc1. The van der Waals surface area contributed by atoms with Crippen molar-refractivity contribution in [3.05, 3.63) is 35.9 Å². The van der Waals surface area contributed by atoms with Crippen molar-refractivity contribution < 1.29 is 23.9 Å². The lowest BCUT2D eigenvalue weighted by atomic mass is 10.1. The van der Waals surface area contributed by atoms with Crippen LogP contribution in [0, 0.1) is 6.92 Å². The molecule has 1 aromatic rings. The molecule has 1 rings (SSSR count). The van der Waals surface area contributed by atoms with E-state index in [1.165, 1.54) is 5.56 Å². The standard InChI is InChI=1S/C13H24N4O5.C7H8/c1-13(2,3)22-12(21)8(4-5-9(15)18)17-11(20)7-16-10(19)6-14;1-7-5-3-2-4-6-7/h8H,4-7,14H2,1-3H3,(H2,15,18)(H,16,19)(H,17,20);2-6H,1H3. The van der Waals surface area contributed by atoms with Gasteiger partial charge in [-0.1, -0.05) is 35.9 Å². The molecule has 0 aliphatic carbocycles. The topological polar surface area (TPSA) is 154 Å². The maximum absolute atomic E-state index is 12.0. The van der Waals surface area contributed by atoms with Crippen LogP contribution < -0.4 is 22.1 Å². The van der Waals surface area contributed by atoms with Crippen LogP contribution in [-0.2, 0) is 23.9 Å². The predicted molar refractivity (Wildman–Crippen MR) is 109 cm³/mol. The van der Waals surface area contributed by atoms with Gasteiger partial charge in [0, 0.05) is 6.42 Å². The van der Waals surface area contributed by atoms with E-state index in [9.17, 15) is 19.2 Å². The number of esters is 1. The first-order valence-electron chi connectivity index (χ1n) is 9.23. The van der Waals surface area contributed by atoms with Crippen molar-refractivity contribution in [2.24, 2.45) is 11.5 Å². The quantitative estimate of drug-likeness (QED) is 0.449. The molecule has 0 aromatic heterocycles. The number of carbonyl (C=O) groups is 4. The molecule has 0 radical (unpaired) electrons. The molecule has 1 unspecified atom stereocenters. The van der Waals surface area contributed by atoms with E-state index >= 15 is 0 Å². The first-order valence-corrected chi connectivity index (χ1v) is 9.23. The molecule has 0 saturated heterocycles. The summed E-state index contributed by atoms with van der Waals surface area (Å²) in [5, 5.41) is 4.67. The van der Waals surface area contributed by atoms with E-state index in [4.69, 9.17) is 16.2 Å². The Balaban J connectivity index is 0.000000929. The maximum Gasteiger partial charge on any atom is 0.329 e. The Bertz CT molecular complexity index is 671. The summed E-state index contributed by atoms with van der Waals surface area (Å²) in [6.07, 6.45) is -0.0693. The first-order chi connectivity index (χ1) is 13.4. The second kappa shape index (κ2) is 13.3. The van der Waals surface area contributed by atoms with Gasteiger partial charge in [-0.05, 0) is 34.1 Å². The van der Waals surface area contributed by atoms with Gasteiger partial charge in [0.2, 0.25) is 17.7 Å². The van der Waals surface area contributed by atoms with E-state index in [1.807, 2.05) is 18.2 Å². The Morgan fingerprint density at radius 3 is 2.07 bits per heavy atom. The lowest BCUT2D eigenvalue weighted by molar-refractivity contribution is -0.158. The van der Waals surface area contributed by atoms with Crippen LogP contribution >= 0.6 is 0 Å². The number of amides is 3.